The van der Waals surface area contributed by atoms with Crippen LogP contribution < -0.4 is 5.32 Å². The summed E-state index contributed by atoms with van der Waals surface area (Å²) in [6.07, 6.45) is 2.70. The molecule has 1 aliphatic heterocycles. The number of amides is 2. The van der Waals surface area contributed by atoms with Gasteiger partial charge in [-0.2, -0.15) is 0 Å². The van der Waals surface area contributed by atoms with Crippen LogP contribution in [0.2, 0.25) is 0 Å². The van der Waals surface area contributed by atoms with Crippen molar-refractivity contribution in [3.05, 3.63) is 17.5 Å². The summed E-state index contributed by atoms with van der Waals surface area (Å²) in [5.74, 6) is 0.548. The van der Waals surface area contributed by atoms with Gasteiger partial charge in [-0.05, 0) is 32.1 Å². The van der Waals surface area contributed by atoms with E-state index in [9.17, 15) is 9.59 Å². The lowest BCUT2D eigenvalue weighted by molar-refractivity contribution is -0.132. The molecule has 2 heterocycles. The first-order valence-corrected chi connectivity index (χ1v) is 7.50. The van der Waals surface area contributed by atoms with Crippen molar-refractivity contribution in [3.63, 3.8) is 0 Å². The molecule has 6 heteroatoms. The second-order valence-corrected chi connectivity index (χ2v) is 6.01. The lowest BCUT2D eigenvalue weighted by Crippen LogP contribution is -2.48. The van der Waals surface area contributed by atoms with Gasteiger partial charge < -0.3 is 14.7 Å². The molecule has 1 aromatic heterocycles. The Balaban J connectivity index is 2.04. The van der Waals surface area contributed by atoms with Crippen molar-refractivity contribution in [1.82, 2.24) is 15.4 Å². The van der Waals surface area contributed by atoms with Gasteiger partial charge in [0, 0.05) is 19.2 Å². The van der Waals surface area contributed by atoms with Crippen LogP contribution in [0.3, 0.4) is 0 Å². The van der Waals surface area contributed by atoms with Gasteiger partial charge in [0.15, 0.2) is 5.69 Å². The third-order valence-corrected chi connectivity index (χ3v) is 3.59. The van der Waals surface area contributed by atoms with Gasteiger partial charge in [0.05, 0.1) is 0 Å². The van der Waals surface area contributed by atoms with Crippen LogP contribution in [0.4, 0.5) is 0 Å². The van der Waals surface area contributed by atoms with Gasteiger partial charge in [0.2, 0.25) is 5.91 Å². The van der Waals surface area contributed by atoms with Crippen LogP contribution in [-0.4, -0.2) is 41.0 Å². The van der Waals surface area contributed by atoms with E-state index in [1.54, 1.807) is 13.0 Å². The maximum absolute atomic E-state index is 12.5. The molecule has 21 heavy (non-hydrogen) atoms. The van der Waals surface area contributed by atoms with E-state index in [1.165, 1.54) is 0 Å². The summed E-state index contributed by atoms with van der Waals surface area (Å²) < 4.78 is 4.90. The predicted molar refractivity (Wildman–Crippen MR) is 77.8 cm³/mol. The lowest BCUT2D eigenvalue weighted by Gasteiger charge is -2.25. The number of nitrogens with one attached hydrogen (secondary N) is 1. The van der Waals surface area contributed by atoms with Gasteiger partial charge in [-0.25, -0.2) is 0 Å². The predicted octanol–water partition coefficient (Wildman–Crippen LogP) is 1.75. The minimum atomic E-state index is -0.493. The largest absolute Gasteiger partial charge is 0.361 e. The molecule has 0 radical (unpaired) electrons. The van der Waals surface area contributed by atoms with Crippen LogP contribution in [0.15, 0.2) is 10.6 Å². The van der Waals surface area contributed by atoms with Crippen LogP contribution in [0, 0.1) is 12.8 Å². The van der Waals surface area contributed by atoms with Crippen molar-refractivity contribution >= 4 is 11.8 Å². The minimum absolute atomic E-state index is 0.00904. The molecule has 6 nitrogen and oxygen atoms in total. The van der Waals surface area contributed by atoms with Crippen LogP contribution in [0.25, 0.3) is 0 Å². The van der Waals surface area contributed by atoms with Crippen molar-refractivity contribution in [3.8, 4) is 0 Å². The minimum Gasteiger partial charge on any atom is -0.361 e. The molecule has 0 saturated carbocycles. The summed E-state index contributed by atoms with van der Waals surface area (Å²) >= 11 is 0. The standard InChI is InChI=1S/C15H23N3O3/c1-10(2)8-13(15(20)18-6-4-5-7-18)16-14(19)12-9-11(3)21-17-12/h9-10,13H,4-8H2,1-3H3,(H,16,19). The zero-order valence-corrected chi connectivity index (χ0v) is 12.9. The van der Waals surface area contributed by atoms with E-state index in [1.807, 2.05) is 18.7 Å². The average Bonchev–Trinajstić information content (AvgIpc) is 3.07. The lowest BCUT2D eigenvalue weighted by atomic mass is 10.0. The number of nitrogens with zero attached hydrogens (tertiary/aromatic N) is 2. The van der Waals surface area contributed by atoms with Crippen LogP contribution >= 0.6 is 0 Å². The van der Waals surface area contributed by atoms with Gasteiger partial charge in [-0.3, -0.25) is 9.59 Å². The Kier molecular flexibility index (Phi) is 4.98. The van der Waals surface area contributed by atoms with E-state index in [4.69, 9.17) is 4.52 Å². The highest BCUT2D eigenvalue weighted by Gasteiger charge is 2.29. The molecule has 0 bridgehead atoms. The summed E-state index contributed by atoms with van der Waals surface area (Å²) in [7, 11) is 0. The van der Waals surface area contributed by atoms with E-state index < -0.39 is 6.04 Å². The van der Waals surface area contributed by atoms with E-state index in [-0.39, 0.29) is 17.5 Å². The quantitative estimate of drug-likeness (QED) is 0.897. The van der Waals surface area contributed by atoms with Crippen molar-refractivity contribution in [2.24, 2.45) is 5.92 Å². The van der Waals surface area contributed by atoms with Crippen molar-refractivity contribution < 1.29 is 14.1 Å². The van der Waals surface area contributed by atoms with Gasteiger partial charge >= 0.3 is 0 Å². The van der Waals surface area contributed by atoms with Crippen LogP contribution in [0.5, 0.6) is 0 Å². The van der Waals surface area contributed by atoms with E-state index in [0.717, 1.165) is 25.9 Å². The first kappa shape index (κ1) is 15.5. The number of likely N-dealkylation sites (tertiary alicyclic amines) is 1. The molecular weight excluding hydrogens is 270 g/mol. The number of hydrogen-bond donors (Lipinski definition) is 1. The number of aromatic nitrogens is 1. The van der Waals surface area contributed by atoms with Gasteiger partial charge in [0.25, 0.3) is 5.91 Å². The Bertz CT molecular complexity index is 504. The molecule has 0 aromatic carbocycles. The third-order valence-electron chi connectivity index (χ3n) is 3.59. The van der Waals surface area contributed by atoms with E-state index in [2.05, 4.69) is 10.5 Å². The van der Waals surface area contributed by atoms with Crippen molar-refractivity contribution in [2.75, 3.05) is 13.1 Å². The molecule has 2 amide bonds. The maximum atomic E-state index is 12.5. The highest BCUT2D eigenvalue weighted by atomic mass is 16.5. The normalized spacial score (nSPS) is 16.3. The number of carbonyl (C=O) groups is 2. The first-order valence-electron chi connectivity index (χ1n) is 7.50. The maximum Gasteiger partial charge on any atom is 0.274 e. The highest BCUT2D eigenvalue weighted by Crippen LogP contribution is 2.14. The Hall–Kier alpha value is -1.85. The fourth-order valence-electron chi connectivity index (χ4n) is 2.56. The number of hydrogen-bond acceptors (Lipinski definition) is 4. The topological polar surface area (TPSA) is 75.4 Å². The molecule has 1 aromatic rings. The fraction of sp³-hybridized carbons (Fsp3) is 0.667. The molecule has 0 spiro atoms. The van der Waals surface area contributed by atoms with Crippen molar-refractivity contribution in [2.45, 2.75) is 46.1 Å². The monoisotopic (exact) mass is 293 g/mol. The van der Waals surface area contributed by atoms with E-state index in [0.29, 0.717) is 18.1 Å². The molecule has 116 valence electrons. The molecule has 1 N–H and O–H groups in total. The third kappa shape index (κ3) is 4.06. The second kappa shape index (κ2) is 6.74. The van der Waals surface area contributed by atoms with E-state index >= 15 is 0 Å². The summed E-state index contributed by atoms with van der Waals surface area (Å²) in [5.41, 5.74) is 0.218. The second-order valence-electron chi connectivity index (χ2n) is 6.01. The average molecular weight is 293 g/mol. The molecule has 1 aliphatic rings. The molecule has 1 fully saturated rings. The Labute approximate surface area is 124 Å². The van der Waals surface area contributed by atoms with Gasteiger partial charge in [-0.15, -0.1) is 0 Å². The summed E-state index contributed by atoms with van der Waals surface area (Å²) in [4.78, 5) is 26.5. The Morgan fingerprint density at radius 2 is 2.05 bits per heavy atom. The molecule has 0 aliphatic carbocycles. The van der Waals surface area contributed by atoms with Gasteiger partial charge in [0.1, 0.15) is 11.8 Å². The summed E-state index contributed by atoms with van der Waals surface area (Å²) in [6.45, 7) is 7.37. The zero-order chi connectivity index (χ0) is 15.4. The van der Waals surface area contributed by atoms with Gasteiger partial charge in [-0.1, -0.05) is 19.0 Å². The molecule has 1 atom stereocenters. The molecular formula is C15H23N3O3. The highest BCUT2D eigenvalue weighted by molar-refractivity contribution is 5.96. The smallest absolute Gasteiger partial charge is 0.274 e. The van der Waals surface area contributed by atoms with Crippen LogP contribution in [-0.2, 0) is 4.79 Å². The van der Waals surface area contributed by atoms with Crippen molar-refractivity contribution in [1.29, 1.82) is 0 Å². The number of rotatable bonds is 5. The fourth-order valence-corrected chi connectivity index (χ4v) is 2.56. The summed E-state index contributed by atoms with van der Waals surface area (Å²) in [6, 6.07) is 1.08. The molecule has 1 saturated heterocycles. The molecule has 1 unspecified atom stereocenters. The first-order chi connectivity index (χ1) is 9.97. The zero-order valence-electron chi connectivity index (χ0n) is 12.9. The molecule has 2 rings (SSSR count). The summed E-state index contributed by atoms with van der Waals surface area (Å²) in [5, 5.41) is 6.49. The Morgan fingerprint density at radius 3 is 2.57 bits per heavy atom. The van der Waals surface area contributed by atoms with Crippen LogP contribution in [0.1, 0.15) is 49.4 Å². The SMILES string of the molecule is Cc1cc(C(=O)NC(CC(C)C)C(=O)N2CCCC2)no1. The Morgan fingerprint density at radius 1 is 1.38 bits per heavy atom. The number of carbonyl (C=O) groups excluding carboxylic acids is 2. The number of aryl methyl sites for hydroxylation is 1.